The zero-order chi connectivity index (χ0) is 15.2. The van der Waals surface area contributed by atoms with Crippen LogP contribution in [0.25, 0.3) is 0 Å². The lowest BCUT2D eigenvalue weighted by Crippen LogP contribution is -2.35. The maximum atomic E-state index is 12.8. The number of rotatable bonds is 5. The lowest BCUT2D eigenvalue weighted by Gasteiger charge is -2.14. The van der Waals surface area contributed by atoms with Crippen LogP contribution in [0.1, 0.15) is 18.1 Å². The SMILES string of the molecule is CC(Cc1cccc(Cl)c1)NC(=O)Cc1ccc(F)cc1. The largest absolute Gasteiger partial charge is 0.353 e. The van der Waals surface area contributed by atoms with Gasteiger partial charge in [-0.3, -0.25) is 4.79 Å². The number of hydrogen-bond donors (Lipinski definition) is 1. The van der Waals surface area contributed by atoms with E-state index < -0.39 is 0 Å². The minimum absolute atomic E-state index is 0.0106. The summed E-state index contributed by atoms with van der Waals surface area (Å²) in [5, 5.41) is 3.63. The van der Waals surface area contributed by atoms with E-state index >= 15 is 0 Å². The minimum Gasteiger partial charge on any atom is -0.353 e. The second-order valence-electron chi connectivity index (χ2n) is 5.11. The Hall–Kier alpha value is -1.87. The molecule has 21 heavy (non-hydrogen) atoms. The van der Waals surface area contributed by atoms with Crippen LogP contribution in [0.15, 0.2) is 48.5 Å². The molecule has 0 saturated heterocycles. The minimum atomic E-state index is -0.298. The summed E-state index contributed by atoms with van der Waals surface area (Å²) in [5.41, 5.74) is 1.88. The predicted octanol–water partition coefficient (Wildman–Crippen LogP) is 3.77. The maximum absolute atomic E-state index is 12.8. The topological polar surface area (TPSA) is 29.1 Å². The highest BCUT2D eigenvalue weighted by Gasteiger charge is 2.09. The lowest BCUT2D eigenvalue weighted by atomic mass is 10.1. The summed E-state index contributed by atoms with van der Waals surface area (Å²) >= 11 is 5.94. The van der Waals surface area contributed by atoms with Crippen LogP contribution < -0.4 is 5.32 Å². The molecule has 0 saturated carbocycles. The Morgan fingerprint density at radius 3 is 2.57 bits per heavy atom. The molecule has 1 amide bonds. The van der Waals surface area contributed by atoms with Crippen molar-refractivity contribution in [1.82, 2.24) is 5.32 Å². The van der Waals surface area contributed by atoms with E-state index in [2.05, 4.69) is 5.32 Å². The average molecular weight is 306 g/mol. The average Bonchev–Trinajstić information content (AvgIpc) is 2.41. The van der Waals surface area contributed by atoms with Crippen LogP contribution in [0.2, 0.25) is 5.02 Å². The molecule has 1 atom stereocenters. The Morgan fingerprint density at radius 1 is 1.19 bits per heavy atom. The van der Waals surface area contributed by atoms with Gasteiger partial charge in [-0.2, -0.15) is 0 Å². The highest BCUT2D eigenvalue weighted by molar-refractivity contribution is 6.30. The smallest absolute Gasteiger partial charge is 0.224 e. The van der Waals surface area contributed by atoms with E-state index in [9.17, 15) is 9.18 Å². The summed E-state index contributed by atoms with van der Waals surface area (Å²) in [4.78, 5) is 11.9. The monoisotopic (exact) mass is 305 g/mol. The fraction of sp³-hybridized carbons (Fsp3) is 0.235. The van der Waals surface area contributed by atoms with E-state index in [0.29, 0.717) is 5.02 Å². The van der Waals surface area contributed by atoms with E-state index in [4.69, 9.17) is 11.6 Å². The molecule has 4 heteroatoms. The van der Waals surface area contributed by atoms with E-state index in [1.807, 2.05) is 31.2 Å². The summed E-state index contributed by atoms with van der Waals surface area (Å²) in [7, 11) is 0. The van der Waals surface area contributed by atoms with Crippen molar-refractivity contribution < 1.29 is 9.18 Å². The standard InChI is InChI=1S/C17H17ClFNO/c1-12(9-14-3-2-4-15(18)10-14)20-17(21)11-13-5-7-16(19)8-6-13/h2-8,10,12H,9,11H2,1H3,(H,20,21). The molecule has 0 bridgehead atoms. The molecular weight excluding hydrogens is 289 g/mol. The van der Waals surface area contributed by atoms with E-state index in [1.54, 1.807) is 12.1 Å². The van der Waals surface area contributed by atoms with Gasteiger partial charge in [0, 0.05) is 11.1 Å². The van der Waals surface area contributed by atoms with Gasteiger partial charge in [-0.1, -0.05) is 35.9 Å². The second-order valence-corrected chi connectivity index (χ2v) is 5.54. The van der Waals surface area contributed by atoms with Crippen molar-refractivity contribution in [3.8, 4) is 0 Å². The zero-order valence-corrected chi connectivity index (χ0v) is 12.5. The second kappa shape index (κ2) is 7.23. The maximum Gasteiger partial charge on any atom is 0.224 e. The quantitative estimate of drug-likeness (QED) is 0.895. The van der Waals surface area contributed by atoms with Gasteiger partial charge >= 0.3 is 0 Å². The molecule has 1 unspecified atom stereocenters. The molecule has 2 aromatic rings. The molecule has 0 heterocycles. The number of carbonyl (C=O) groups is 1. The van der Waals surface area contributed by atoms with Gasteiger partial charge in [0.05, 0.1) is 6.42 Å². The molecule has 110 valence electrons. The molecule has 0 aliphatic rings. The number of nitrogens with one attached hydrogen (secondary N) is 1. The summed E-state index contributed by atoms with van der Waals surface area (Å²) in [6.45, 7) is 1.95. The van der Waals surface area contributed by atoms with Crippen LogP contribution in [-0.2, 0) is 17.6 Å². The van der Waals surface area contributed by atoms with E-state index in [-0.39, 0.29) is 24.2 Å². The van der Waals surface area contributed by atoms with Gasteiger partial charge in [0.15, 0.2) is 0 Å². The normalized spacial score (nSPS) is 12.0. The summed E-state index contributed by atoms with van der Waals surface area (Å²) in [6.07, 6.45) is 0.968. The van der Waals surface area contributed by atoms with Crippen LogP contribution in [-0.4, -0.2) is 11.9 Å². The zero-order valence-electron chi connectivity index (χ0n) is 11.8. The van der Waals surface area contributed by atoms with Crippen molar-refractivity contribution in [3.63, 3.8) is 0 Å². The third-order valence-corrected chi connectivity index (χ3v) is 3.35. The van der Waals surface area contributed by atoms with E-state index in [0.717, 1.165) is 17.5 Å². The van der Waals surface area contributed by atoms with Crippen LogP contribution in [0.3, 0.4) is 0 Å². The van der Waals surface area contributed by atoms with Crippen molar-refractivity contribution in [1.29, 1.82) is 0 Å². The molecular formula is C17H17ClFNO. The van der Waals surface area contributed by atoms with Gasteiger partial charge in [0.25, 0.3) is 0 Å². The fourth-order valence-corrected chi connectivity index (χ4v) is 2.39. The molecule has 2 rings (SSSR count). The lowest BCUT2D eigenvalue weighted by molar-refractivity contribution is -0.121. The van der Waals surface area contributed by atoms with Gasteiger partial charge < -0.3 is 5.32 Å². The highest BCUT2D eigenvalue weighted by atomic mass is 35.5. The number of halogens is 2. The molecule has 0 spiro atoms. The van der Waals surface area contributed by atoms with Crippen molar-refractivity contribution in [2.45, 2.75) is 25.8 Å². The first-order valence-electron chi connectivity index (χ1n) is 6.81. The molecule has 0 aliphatic carbocycles. The third-order valence-electron chi connectivity index (χ3n) is 3.12. The highest BCUT2D eigenvalue weighted by Crippen LogP contribution is 2.12. The van der Waals surface area contributed by atoms with Crippen LogP contribution in [0.5, 0.6) is 0 Å². The number of benzene rings is 2. The van der Waals surface area contributed by atoms with Crippen molar-refractivity contribution in [2.24, 2.45) is 0 Å². The molecule has 0 fully saturated rings. The number of hydrogen-bond acceptors (Lipinski definition) is 1. The fourth-order valence-electron chi connectivity index (χ4n) is 2.18. The summed E-state index contributed by atoms with van der Waals surface area (Å²) in [6, 6.07) is 13.6. The Bertz CT molecular complexity index is 612. The van der Waals surface area contributed by atoms with Gasteiger partial charge in [-0.25, -0.2) is 4.39 Å². The molecule has 0 radical (unpaired) electrons. The number of amides is 1. The van der Waals surface area contributed by atoms with Gasteiger partial charge in [-0.05, 0) is 48.7 Å². The van der Waals surface area contributed by atoms with Gasteiger partial charge in [0.1, 0.15) is 5.82 Å². The Morgan fingerprint density at radius 2 is 1.90 bits per heavy atom. The molecule has 2 nitrogen and oxygen atoms in total. The first kappa shape index (κ1) is 15.5. The van der Waals surface area contributed by atoms with Crippen molar-refractivity contribution in [3.05, 3.63) is 70.5 Å². The van der Waals surface area contributed by atoms with Gasteiger partial charge in [0.2, 0.25) is 5.91 Å². The van der Waals surface area contributed by atoms with E-state index in [1.165, 1.54) is 12.1 Å². The molecule has 2 aromatic carbocycles. The summed E-state index contributed by atoms with van der Waals surface area (Å²) < 4.78 is 12.8. The first-order chi connectivity index (χ1) is 10.0. The van der Waals surface area contributed by atoms with Crippen LogP contribution >= 0.6 is 11.6 Å². The predicted molar refractivity (Wildman–Crippen MR) is 82.9 cm³/mol. The van der Waals surface area contributed by atoms with Crippen molar-refractivity contribution >= 4 is 17.5 Å². The van der Waals surface area contributed by atoms with Crippen LogP contribution in [0.4, 0.5) is 4.39 Å². The summed E-state index contributed by atoms with van der Waals surface area (Å²) in [5.74, 6) is -0.371. The first-order valence-corrected chi connectivity index (χ1v) is 7.19. The molecule has 1 N–H and O–H groups in total. The third kappa shape index (κ3) is 5.20. The number of carbonyl (C=O) groups excluding carboxylic acids is 1. The Balaban J connectivity index is 1.86. The van der Waals surface area contributed by atoms with Gasteiger partial charge in [-0.15, -0.1) is 0 Å². The molecule has 0 aliphatic heterocycles. The Labute approximate surface area is 128 Å². The van der Waals surface area contributed by atoms with Crippen molar-refractivity contribution in [2.75, 3.05) is 0 Å². The Kier molecular flexibility index (Phi) is 5.34. The van der Waals surface area contributed by atoms with Crippen LogP contribution in [0, 0.1) is 5.82 Å². The molecule has 0 aromatic heterocycles.